The van der Waals surface area contributed by atoms with Crippen molar-refractivity contribution in [2.75, 3.05) is 19.6 Å². The molecule has 5 nitrogen and oxygen atoms in total. The molecule has 0 aromatic carbocycles. The van der Waals surface area contributed by atoms with Crippen molar-refractivity contribution in [2.45, 2.75) is 31.0 Å². The molecule has 2 aliphatic rings. The van der Waals surface area contributed by atoms with Gasteiger partial charge in [0.25, 0.3) is 11.5 Å². The normalized spacial score (nSPS) is 27.7. The largest absolute Gasteiger partial charge is 0.421 e. The standard InChI is InChI=1S/C14H16F3N3O2/c15-14(16,17)10-6-9(7-18-12(10)22)11(21)19-13-2-1-4-20(8-13)5-3-13/h6-7H,1-5,8H2,(H,18,22)(H,19,21). The first-order valence-corrected chi connectivity index (χ1v) is 7.14. The number of alkyl halides is 3. The second-order valence-corrected chi connectivity index (χ2v) is 5.99. The summed E-state index contributed by atoms with van der Waals surface area (Å²) in [7, 11) is 0. The lowest BCUT2D eigenvalue weighted by Gasteiger charge is -2.34. The van der Waals surface area contributed by atoms with Crippen LogP contribution in [0.15, 0.2) is 17.1 Å². The van der Waals surface area contributed by atoms with Gasteiger partial charge in [-0.2, -0.15) is 13.2 Å². The number of nitrogens with one attached hydrogen (secondary N) is 2. The molecule has 2 N–H and O–H groups in total. The van der Waals surface area contributed by atoms with Crippen LogP contribution in [0.2, 0.25) is 0 Å². The molecule has 3 heterocycles. The monoisotopic (exact) mass is 315 g/mol. The van der Waals surface area contributed by atoms with Crippen molar-refractivity contribution >= 4 is 5.91 Å². The number of fused-ring (bicyclic) bond motifs is 2. The van der Waals surface area contributed by atoms with Crippen LogP contribution in [-0.4, -0.2) is 41.0 Å². The summed E-state index contributed by atoms with van der Waals surface area (Å²) < 4.78 is 38.2. The number of halogens is 3. The van der Waals surface area contributed by atoms with Crippen molar-refractivity contribution in [1.29, 1.82) is 0 Å². The summed E-state index contributed by atoms with van der Waals surface area (Å²) in [5.74, 6) is -0.578. The van der Waals surface area contributed by atoms with E-state index < -0.39 is 23.2 Å². The van der Waals surface area contributed by atoms with Crippen LogP contribution in [-0.2, 0) is 6.18 Å². The molecule has 3 rings (SSSR count). The first kappa shape index (κ1) is 15.1. The van der Waals surface area contributed by atoms with Gasteiger partial charge < -0.3 is 15.2 Å². The van der Waals surface area contributed by atoms with Crippen molar-refractivity contribution in [3.05, 3.63) is 33.7 Å². The van der Waals surface area contributed by atoms with Crippen LogP contribution in [0.1, 0.15) is 35.2 Å². The van der Waals surface area contributed by atoms with Gasteiger partial charge >= 0.3 is 6.18 Å². The minimum atomic E-state index is -4.78. The second-order valence-electron chi connectivity index (χ2n) is 5.99. The van der Waals surface area contributed by atoms with Gasteiger partial charge in [-0.3, -0.25) is 9.59 Å². The number of carbonyl (C=O) groups excluding carboxylic acids is 1. The molecular weight excluding hydrogens is 299 g/mol. The van der Waals surface area contributed by atoms with E-state index in [4.69, 9.17) is 0 Å². The van der Waals surface area contributed by atoms with Gasteiger partial charge in [0.15, 0.2) is 0 Å². The lowest BCUT2D eigenvalue weighted by Crippen LogP contribution is -2.52. The number of piperidine rings is 1. The average molecular weight is 315 g/mol. The van der Waals surface area contributed by atoms with E-state index in [0.717, 1.165) is 45.1 Å². The molecule has 8 heteroatoms. The fourth-order valence-corrected chi connectivity index (χ4v) is 3.30. The average Bonchev–Trinajstić information content (AvgIpc) is 2.72. The third-order valence-corrected chi connectivity index (χ3v) is 4.41. The number of hydrogen-bond donors (Lipinski definition) is 2. The molecule has 22 heavy (non-hydrogen) atoms. The molecule has 2 unspecified atom stereocenters. The molecule has 1 aromatic heterocycles. The third kappa shape index (κ3) is 2.75. The Morgan fingerprint density at radius 2 is 2.09 bits per heavy atom. The van der Waals surface area contributed by atoms with Crippen LogP contribution in [0.4, 0.5) is 13.2 Å². The Balaban J connectivity index is 1.82. The number of aromatic nitrogens is 1. The molecule has 2 atom stereocenters. The molecule has 2 fully saturated rings. The highest BCUT2D eigenvalue weighted by Crippen LogP contribution is 2.31. The van der Waals surface area contributed by atoms with Crippen LogP contribution in [0, 0.1) is 0 Å². The summed E-state index contributed by atoms with van der Waals surface area (Å²) in [5, 5.41) is 2.87. The minimum Gasteiger partial charge on any atom is -0.345 e. The molecule has 1 aromatic rings. The number of nitrogens with zero attached hydrogens (tertiary/aromatic N) is 1. The lowest BCUT2D eigenvalue weighted by molar-refractivity contribution is -0.138. The van der Waals surface area contributed by atoms with Gasteiger partial charge in [-0.05, 0) is 31.9 Å². The van der Waals surface area contributed by atoms with E-state index in [-0.39, 0.29) is 11.1 Å². The summed E-state index contributed by atoms with van der Waals surface area (Å²) >= 11 is 0. The van der Waals surface area contributed by atoms with Crippen molar-refractivity contribution in [3.8, 4) is 0 Å². The van der Waals surface area contributed by atoms with Crippen LogP contribution in [0.5, 0.6) is 0 Å². The van der Waals surface area contributed by atoms with E-state index in [2.05, 4.69) is 10.2 Å². The number of H-pyrrole nitrogens is 1. The van der Waals surface area contributed by atoms with Gasteiger partial charge in [-0.1, -0.05) is 0 Å². The fraction of sp³-hybridized carbons (Fsp3) is 0.571. The highest BCUT2D eigenvalue weighted by Gasteiger charge is 2.42. The van der Waals surface area contributed by atoms with E-state index in [0.29, 0.717) is 6.07 Å². The predicted molar refractivity (Wildman–Crippen MR) is 72.6 cm³/mol. The van der Waals surface area contributed by atoms with E-state index in [1.54, 1.807) is 0 Å². The molecule has 2 aliphatic heterocycles. The maximum atomic E-state index is 12.7. The molecule has 0 aliphatic carbocycles. The Hall–Kier alpha value is -1.83. The molecule has 0 saturated carbocycles. The summed E-state index contributed by atoms with van der Waals surface area (Å²) in [5.41, 5.74) is -3.13. The van der Waals surface area contributed by atoms with Crippen LogP contribution in [0.3, 0.4) is 0 Å². The van der Waals surface area contributed by atoms with Crippen LogP contribution < -0.4 is 10.9 Å². The number of aromatic amines is 1. The topological polar surface area (TPSA) is 65.2 Å². The van der Waals surface area contributed by atoms with Gasteiger partial charge in [0.05, 0.1) is 11.1 Å². The molecule has 2 bridgehead atoms. The zero-order chi connectivity index (χ0) is 16.0. The minimum absolute atomic E-state index is 0.176. The number of hydrogen-bond acceptors (Lipinski definition) is 3. The van der Waals surface area contributed by atoms with E-state index in [1.165, 1.54) is 0 Å². The highest BCUT2D eigenvalue weighted by atomic mass is 19.4. The quantitative estimate of drug-likeness (QED) is 0.866. The summed E-state index contributed by atoms with van der Waals surface area (Å²) in [4.78, 5) is 27.7. The number of pyridine rings is 1. The number of carbonyl (C=O) groups is 1. The fourth-order valence-electron chi connectivity index (χ4n) is 3.30. The lowest BCUT2D eigenvalue weighted by atomic mass is 9.90. The Morgan fingerprint density at radius 1 is 1.32 bits per heavy atom. The predicted octanol–water partition coefficient (Wildman–Crippen LogP) is 1.36. The summed E-state index contributed by atoms with van der Waals surface area (Å²) in [6.45, 7) is 2.61. The van der Waals surface area contributed by atoms with Gasteiger partial charge in [0.1, 0.15) is 5.56 Å². The summed E-state index contributed by atoms with van der Waals surface area (Å²) in [6, 6.07) is 0.611. The van der Waals surface area contributed by atoms with Gasteiger partial charge in [-0.25, -0.2) is 0 Å². The van der Waals surface area contributed by atoms with Crippen molar-refractivity contribution < 1.29 is 18.0 Å². The van der Waals surface area contributed by atoms with Crippen LogP contribution in [0.25, 0.3) is 0 Å². The van der Waals surface area contributed by atoms with Crippen LogP contribution >= 0.6 is 0 Å². The van der Waals surface area contributed by atoms with Gasteiger partial charge in [0, 0.05) is 19.3 Å². The van der Waals surface area contributed by atoms with Gasteiger partial charge in [-0.15, -0.1) is 0 Å². The number of rotatable bonds is 2. The maximum absolute atomic E-state index is 12.7. The second kappa shape index (κ2) is 5.12. The molecular formula is C14H16F3N3O2. The Kier molecular flexibility index (Phi) is 3.51. The van der Waals surface area contributed by atoms with E-state index >= 15 is 0 Å². The Morgan fingerprint density at radius 3 is 2.82 bits per heavy atom. The first-order chi connectivity index (χ1) is 10.3. The molecule has 1 amide bonds. The molecule has 0 spiro atoms. The Bertz CT molecular complexity index is 651. The smallest absolute Gasteiger partial charge is 0.345 e. The molecule has 0 radical (unpaired) electrons. The maximum Gasteiger partial charge on any atom is 0.421 e. The highest BCUT2D eigenvalue weighted by molar-refractivity contribution is 5.94. The van der Waals surface area contributed by atoms with Crippen molar-refractivity contribution in [3.63, 3.8) is 0 Å². The van der Waals surface area contributed by atoms with Crippen molar-refractivity contribution in [2.24, 2.45) is 0 Å². The number of amides is 1. The third-order valence-electron chi connectivity index (χ3n) is 4.41. The SMILES string of the molecule is O=C(NC12CCCN(CC1)C2)c1c[nH]c(=O)c(C(F)(F)F)c1. The van der Waals surface area contributed by atoms with E-state index in [9.17, 15) is 22.8 Å². The summed E-state index contributed by atoms with van der Waals surface area (Å²) in [6.07, 6.45) is -1.17. The zero-order valence-corrected chi connectivity index (χ0v) is 11.8. The first-order valence-electron chi connectivity index (χ1n) is 7.14. The molecule has 120 valence electrons. The van der Waals surface area contributed by atoms with E-state index in [1.807, 2.05) is 4.98 Å². The van der Waals surface area contributed by atoms with Gasteiger partial charge in [0.2, 0.25) is 0 Å². The Labute approximate surface area is 124 Å². The zero-order valence-electron chi connectivity index (χ0n) is 11.8. The molecule has 2 saturated heterocycles. The van der Waals surface area contributed by atoms with Crippen molar-refractivity contribution in [1.82, 2.24) is 15.2 Å².